The van der Waals surface area contributed by atoms with E-state index in [1.165, 1.54) is 19.2 Å². The van der Waals surface area contributed by atoms with Gasteiger partial charge in [0.2, 0.25) is 0 Å². The highest BCUT2D eigenvalue weighted by atomic mass is 19.1. The second-order valence-corrected chi connectivity index (χ2v) is 6.66. The van der Waals surface area contributed by atoms with Crippen molar-refractivity contribution in [2.75, 3.05) is 26.2 Å². The van der Waals surface area contributed by atoms with Crippen molar-refractivity contribution in [2.24, 2.45) is 5.92 Å². The molecule has 5 heteroatoms. The number of ether oxygens (including phenoxy) is 2. The molecule has 1 fully saturated rings. The van der Waals surface area contributed by atoms with Crippen LogP contribution in [-0.4, -0.2) is 33.3 Å². The molecule has 0 radical (unpaired) electrons. The third kappa shape index (κ3) is 3.52. The highest BCUT2D eigenvalue weighted by Crippen LogP contribution is 2.44. The fourth-order valence-corrected chi connectivity index (χ4v) is 3.98. The van der Waals surface area contributed by atoms with Crippen LogP contribution in [0.4, 0.5) is 10.1 Å². The number of halogens is 1. The molecule has 3 rings (SSSR count). The minimum Gasteiger partial charge on any atom is -0.497 e. The highest BCUT2D eigenvalue weighted by molar-refractivity contribution is 5.74. The predicted octanol–water partition coefficient (Wildman–Crippen LogP) is 4.01. The Labute approximate surface area is 153 Å². The van der Waals surface area contributed by atoms with E-state index in [1.54, 1.807) is 19.2 Å². The van der Waals surface area contributed by atoms with E-state index in [1.807, 2.05) is 31.3 Å². The van der Waals surface area contributed by atoms with Crippen molar-refractivity contribution >= 4 is 11.7 Å². The molecule has 0 unspecified atom stereocenters. The van der Waals surface area contributed by atoms with E-state index in [0.29, 0.717) is 0 Å². The smallest absolute Gasteiger partial charge is 0.309 e. The third-order valence-electron chi connectivity index (χ3n) is 5.36. The molecule has 4 nitrogen and oxygen atoms in total. The quantitative estimate of drug-likeness (QED) is 0.758. The number of hydrogen-bond acceptors (Lipinski definition) is 4. The van der Waals surface area contributed by atoms with Crippen LogP contribution < -0.4 is 9.64 Å². The lowest BCUT2D eigenvalue weighted by molar-refractivity contribution is -0.145. The number of benzene rings is 2. The predicted molar refractivity (Wildman–Crippen MR) is 99.1 cm³/mol. The molecule has 0 heterocycles. The van der Waals surface area contributed by atoms with E-state index in [9.17, 15) is 9.18 Å². The van der Waals surface area contributed by atoms with Crippen LogP contribution in [0.15, 0.2) is 48.5 Å². The Morgan fingerprint density at radius 2 is 1.69 bits per heavy atom. The summed E-state index contributed by atoms with van der Waals surface area (Å²) < 4.78 is 23.6. The number of likely N-dealkylation sites (N-methyl/N-ethyl adjacent to an activating group) is 1. The fraction of sp³-hybridized carbons (Fsp3) is 0.381. The maximum atomic E-state index is 13.4. The first-order chi connectivity index (χ1) is 12.5. The lowest BCUT2D eigenvalue weighted by atomic mass is 9.86. The van der Waals surface area contributed by atoms with Gasteiger partial charge in [-0.3, -0.25) is 4.79 Å². The van der Waals surface area contributed by atoms with E-state index in [2.05, 4.69) is 4.90 Å². The standard InChI is InChI=1S/C21H24FNO3/c1-23(16-8-10-17(25-2)11-9-16)19-13-12-18(21(24)26-3)20(19)14-4-6-15(22)7-5-14/h4-11,18-20H,12-13H2,1-3H3/t18-,19-,20+/m1/s1. The van der Waals surface area contributed by atoms with Crippen molar-refractivity contribution in [2.45, 2.75) is 24.8 Å². The Hall–Kier alpha value is -2.56. The van der Waals surface area contributed by atoms with Crippen LogP contribution in [0.3, 0.4) is 0 Å². The lowest BCUT2D eigenvalue weighted by Crippen LogP contribution is -2.36. The Bertz CT molecular complexity index is 745. The first-order valence-electron chi connectivity index (χ1n) is 8.75. The van der Waals surface area contributed by atoms with E-state index in [4.69, 9.17) is 9.47 Å². The van der Waals surface area contributed by atoms with Crippen LogP contribution in [0, 0.1) is 11.7 Å². The van der Waals surface area contributed by atoms with Gasteiger partial charge in [-0.1, -0.05) is 12.1 Å². The van der Waals surface area contributed by atoms with E-state index < -0.39 is 0 Å². The molecule has 1 aliphatic rings. The number of hydrogen-bond donors (Lipinski definition) is 0. The Kier molecular flexibility index (Phi) is 5.45. The summed E-state index contributed by atoms with van der Waals surface area (Å²) in [5.41, 5.74) is 2.01. The Balaban J connectivity index is 1.92. The molecule has 2 aromatic carbocycles. The van der Waals surface area contributed by atoms with Gasteiger partial charge in [-0.25, -0.2) is 4.39 Å². The molecule has 0 aromatic heterocycles. The Morgan fingerprint density at radius 1 is 1.04 bits per heavy atom. The summed E-state index contributed by atoms with van der Waals surface area (Å²) in [6, 6.07) is 14.4. The van der Waals surface area contributed by atoms with Gasteiger partial charge in [0.25, 0.3) is 0 Å². The third-order valence-corrected chi connectivity index (χ3v) is 5.36. The van der Waals surface area contributed by atoms with Crippen molar-refractivity contribution < 1.29 is 18.7 Å². The van der Waals surface area contributed by atoms with Gasteiger partial charge >= 0.3 is 5.97 Å². The summed E-state index contributed by atoms with van der Waals surface area (Å²) in [6.07, 6.45) is 1.62. The van der Waals surface area contributed by atoms with Crippen LogP contribution in [0.2, 0.25) is 0 Å². The molecule has 0 amide bonds. The lowest BCUT2D eigenvalue weighted by Gasteiger charge is -2.33. The Morgan fingerprint density at radius 3 is 2.27 bits per heavy atom. The topological polar surface area (TPSA) is 38.8 Å². The van der Waals surface area contributed by atoms with E-state index in [-0.39, 0.29) is 29.7 Å². The molecule has 138 valence electrons. The summed E-state index contributed by atoms with van der Waals surface area (Å²) in [5.74, 6) is 0.0498. The van der Waals surface area contributed by atoms with Crippen molar-refractivity contribution in [3.63, 3.8) is 0 Å². The van der Waals surface area contributed by atoms with Crippen LogP contribution in [0.1, 0.15) is 24.3 Å². The zero-order chi connectivity index (χ0) is 18.7. The van der Waals surface area contributed by atoms with Crippen LogP contribution in [-0.2, 0) is 9.53 Å². The van der Waals surface area contributed by atoms with Crippen molar-refractivity contribution in [3.8, 4) is 5.75 Å². The van der Waals surface area contributed by atoms with Crippen molar-refractivity contribution in [1.29, 1.82) is 0 Å². The minimum atomic E-state index is -0.276. The van der Waals surface area contributed by atoms with Gasteiger partial charge in [-0.15, -0.1) is 0 Å². The second-order valence-electron chi connectivity index (χ2n) is 6.66. The number of carbonyl (C=O) groups excluding carboxylic acids is 1. The molecule has 3 atom stereocenters. The molecule has 0 spiro atoms. The monoisotopic (exact) mass is 357 g/mol. The van der Waals surface area contributed by atoms with Gasteiger partial charge in [0, 0.05) is 24.7 Å². The summed E-state index contributed by atoms with van der Waals surface area (Å²) in [6.45, 7) is 0. The molecule has 0 bridgehead atoms. The van der Waals surface area contributed by atoms with Gasteiger partial charge in [-0.2, -0.15) is 0 Å². The van der Waals surface area contributed by atoms with Gasteiger partial charge < -0.3 is 14.4 Å². The van der Waals surface area contributed by atoms with Gasteiger partial charge in [0.1, 0.15) is 11.6 Å². The molecule has 1 saturated carbocycles. The zero-order valence-corrected chi connectivity index (χ0v) is 15.3. The summed E-state index contributed by atoms with van der Waals surface area (Å²) in [7, 11) is 5.09. The molecule has 0 N–H and O–H groups in total. The van der Waals surface area contributed by atoms with E-state index >= 15 is 0 Å². The second kappa shape index (κ2) is 7.77. The SMILES string of the molecule is COC(=O)[C@@H]1CC[C@@H](N(C)c2ccc(OC)cc2)[C@H]1c1ccc(F)cc1. The van der Waals surface area contributed by atoms with Crippen molar-refractivity contribution in [1.82, 2.24) is 0 Å². The van der Waals surface area contributed by atoms with Gasteiger partial charge in [0.05, 0.1) is 20.1 Å². The molecule has 1 aliphatic carbocycles. The summed E-state index contributed by atoms with van der Waals surface area (Å²) >= 11 is 0. The summed E-state index contributed by atoms with van der Waals surface area (Å²) in [4.78, 5) is 14.5. The largest absolute Gasteiger partial charge is 0.497 e. The first-order valence-corrected chi connectivity index (χ1v) is 8.75. The van der Waals surface area contributed by atoms with E-state index in [0.717, 1.165) is 29.8 Å². The van der Waals surface area contributed by atoms with Crippen LogP contribution in [0.25, 0.3) is 0 Å². The normalized spacial score (nSPS) is 22.1. The molecule has 26 heavy (non-hydrogen) atoms. The number of rotatable bonds is 5. The van der Waals surface area contributed by atoms with Crippen LogP contribution >= 0.6 is 0 Å². The number of carbonyl (C=O) groups is 1. The minimum absolute atomic E-state index is 0.0462. The molecular weight excluding hydrogens is 333 g/mol. The maximum absolute atomic E-state index is 13.4. The van der Waals surface area contributed by atoms with Gasteiger partial charge in [0.15, 0.2) is 0 Å². The number of esters is 1. The molecule has 2 aromatic rings. The number of anilines is 1. The maximum Gasteiger partial charge on any atom is 0.309 e. The van der Waals surface area contributed by atoms with Crippen LogP contribution in [0.5, 0.6) is 5.75 Å². The molecular formula is C21H24FNO3. The zero-order valence-electron chi connectivity index (χ0n) is 15.3. The molecule has 0 saturated heterocycles. The number of nitrogens with zero attached hydrogens (tertiary/aromatic N) is 1. The summed E-state index contributed by atoms with van der Waals surface area (Å²) in [5, 5.41) is 0. The molecule has 0 aliphatic heterocycles. The average molecular weight is 357 g/mol. The first kappa shape index (κ1) is 18.2. The number of methoxy groups -OCH3 is 2. The average Bonchev–Trinajstić information content (AvgIpc) is 3.12. The van der Waals surface area contributed by atoms with Gasteiger partial charge in [-0.05, 0) is 54.8 Å². The fourth-order valence-electron chi connectivity index (χ4n) is 3.98. The highest BCUT2D eigenvalue weighted by Gasteiger charge is 2.43. The van der Waals surface area contributed by atoms with Crippen molar-refractivity contribution in [3.05, 3.63) is 59.9 Å².